The van der Waals surface area contributed by atoms with Crippen molar-refractivity contribution >= 4 is 16.9 Å². The first-order chi connectivity index (χ1) is 12.9. The van der Waals surface area contributed by atoms with Gasteiger partial charge in [-0.25, -0.2) is 9.78 Å². The van der Waals surface area contributed by atoms with Gasteiger partial charge in [0.1, 0.15) is 5.65 Å². The molecule has 1 aliphatic heterocycles. The van der Waals surface area contributed by atoms with Crippen LogP contribution in [-0.2, 0) is 25.1 Å². The van der Waals surface area contributed by atoms with Crippen LogP contribution in [0.5, 0.6) is 0 Å². The average molecular weight is 398 g/mol. The molecule has 28 heavy (non-hydrogen) atoms. The summed E-state index contributed by atoms with van der Waals surface area (Å²) in [5, 5.41) is -0.652. The molecule has 1 fully saturated rings. The maximum absolute atomic E-state index is 13.8. The Hall–Kier alpha value is -2.65. The molecule has 0 aromatic carbocycles. The number of amides is 1. The van der Waals surface area contributed by atoms with Crippen molar-refractivity contribution in [1.29, 1.82) is 0 Å². The molecule has 0 aliphatic carbocycles. The SMILES string of the molecule is CC(C)C(=O)N1CCC[C@H]1c1cc(C(F)(F)F)c2c(=O)n(C)c(=O)n(C)c2n1. The number of aryl methyl sites for hydroxylation is 1. The molecular weight excluding hydrogens is 377 g/mol. The molecule has 1 aliphatic rings. The van der Waals surface area contributed by atoms with Crippen LogP contribution in [0.4, 0.5) is 13.2 Å². The Balaban J connectivity index is 2.33. The number of halogens is 3. The molecule has 0 unspecified atom stereocenters. The van der Waals surface area contributed by atoms with Crippen molar-refractivity contribution in [2.75, 3.05) is 6.54 Å². The zero-order valence-electron chi connectivity index (χ0n) is 16.0. The second kappa shape index (κ2) is 6.75. The lowest BCUT2D eigenvalue weighted by atomic mass is 10.0. The molecule has 3 heterocycles. The van der Waals surface area contributed by atoms with Crippen molar-refractivity contribution in [2.24, 2.45) is 20.0 Å². The number of carbonyl (C=O) groups is 1. The number of likely N-dealkylation sites (tertiary alicyclic amines) is 1. The third kappa shape index (κ3) is 3.10. The maximum atomic E-state index is 13.8. The van der Waals surface area contributed by atoms with Crippen LogP contribution in [-0.4, -0.2) is 31.5 Å². The largest absolute Gasteiger partial charge is 0.417 e. The summed E-state index contributed by atoms with van der Waals surface area (Å²) in [4.78, 5) is 42.8. The molecular formula is C18H21F3N4O3. The fourth-order valence-corrected chi connectivity index (χ4v) is 3.64. The summed E-state index contributed by atoms with van der Waals surface area (Å²) >= 11 is 0. The predicted octanol–water partition coefficient (Wildman–Crippen LogP) is 1.97. The van der Waals surface area contributed by atoms with Crippen molar-refractivity contribution in [2.45, 2.75) is 38.9 Å². The van der Waals surface area contributed by atoms with Gasteiger partial charge in [0.15, 0.2) is 0 Å². The standard InChI is InChI=1S/C18H21F3N4O3/c1-9(2)15(26)25-7-5-6-12(25)11-8-10(18(19,20)21)13-14(22-11)23(3)17(28)24(4)16(13)27/h8-9,12H,5-7H2,1-4H3/t12-/m0/s1. The van der Waals surface area contributed by atoms with E-state index in [9.17, 15) is 27.6 Å². The van der Waals surface area contributed by atoms with Crippen LogP contribution in [0.3, 0.4) is 0 Å². The molecule has 0 spiro atoms. The fraction of sp³-hybridized carbons (Fsp3) is 0.556. The van der Waals surface area contributed by atoms with Gasteiger partial charge >= 0.3 is 11.9 Å². The van der Waals surface area contributed by atoms with Gasteiger partial charge in [0, 0.05) is 26.6 Å². The Bertz CT molecular complexity index is 1070. The molecule has 0 saturated carbocycles. The molecule has 10 heteroatoms. The molecule has 1 amide bonds. The summed E-state index contributed by atoms with van der Waals surface area (Å²) in [6, 6.07) is 0.213. The minimum atomic E-state index is -4.81. The van der Waals surface area contributed by atoms with E-state index in [2.05, 4.69) is 4.98 Å². The van der Waals surface area contributed by atoms with Gasteiger partial charge in [-0.05, 0) is 18.9 Å². The first-order valence-corrected chi connectivity index (χ1v) is 8.93. The van der Waals surface area contributed by atoms with Crippen molar-refractivity contribution in [3.63, 3.8) is 0 Å². The van der Waals surface area contributed by atoms with Gasteiger partial charge in [-0.3, -0.25) is 18.7 Å². The summed E-state index contributed by atoms with van der Waals surface area (Å²) in [7, 11) is 2.39. The molecule has 3 rings (SSSR count). The Morgan fingerprint density at radius 2 is 1.86 bits per heavy atom. The summed E-state index contributed by atoms with van der Waals surface area (Å²) in [5.74, 6) is -0.476. The summed E-state index contributed by atoms with van der Waals surface area (Å²) in [6.07, 6.45) is -3.71. The highest BCUT2D eigenvalue weighted by molar-refractivity contribution is 5.81. The lowest BCUT2D eigenvalue weighted by Gasteiger charge is -2.27. The number of aromatic nitrogens is 3. The maximum Gasteiger partial charge on any atom is 0.417 e. The molecule has 1 atom stereocenters. The Labute approximate surface area is 158 Å². The summed E-state index contributed by atoms with van der Waals surface area (Å²) in [6.45, 7) is 3.87. The minimum Gasteiger partial charge on any atom is -0.334 e. The smallest absolute Gasteiger partial charge is 0.334 e. The zero-order chi connectivity index (χ0) is 21.0. The predicted molar refractivity (Wildman–Crippen MR) is 95.8 cm³/mol. The number of pyridine rings is 1. The van der Waals surface area contributed by atoms with E-state index in [1.807, 2.05) is 0 Å². The molecule has 2 aromatic heterocycles. The number of alkyl halides is 3. The monoisotopic (exact) mass is 398 g/mol. The normalized spacial score (nSPS) is 17.7. The van der Waals surface area contributed by atoms with Gasteiger partial charge in [0.2, 0.25) is 5.91 Å². The molecule has 1 saturated heterocycles. The lowest BCUT2D eigenvalue weighted by molar-refractivity contribution is -0.136. The Morgan fingerprint density at radius 3 is 2.43 bits per heavy atom. The van der Waals surface area contributed by atoms with Gasteiger partial charge in [0.25, 0.3) is 5.56 Å². The van der Waals surface area contributed by atoms with E-state index in [-0.39, 0.29) is 23.2 Å². The zero-order valence-corrected chi connectivity index (χ0v) is 16.0. The van der Waals surface area contributed by atoms with Crippen LogP contribution in [0.15, 0.2) is 15.7 Å². The van der Waals surface area contributed by atoms with Crippen molar-refractivity contribution < 1.29 is 18.0 Å². The first kappa shape index (κ1) is 20.1. The van der Waals surface area contributed by atoms with E-state index >= 15 is 0 Å². The van der Waals surface area contributed by atoms with Crippen LogP contribution in [0, 0.1) is 5.92 Å². The van der Waals surface area contributed by atoms with Crippen LogP contribution >= 0.6 is 0 Å². The Kier molecular flexibility index (Phi) is 4.84. The number of hydrogen-bond donors (Lipinski definition) is 0. The summed E-state index contributed by atoms with van der Waals surface area (Å²) < 4.78 is 42.9. The quantitative estimate of drug-likeness (QED) is 0.775. The van der Waals surface area contributed by atoms with Crippen molar-refractivity contribution in [3.8, 4) is 0 Å². The lowest BCUT2D eigenvalue weighted by Crippen LogP contribution is -2.39. The van der Waals surface area contributed by atoms with E-state index < -0.39 is 34.4 Å². The van der Waals surface area contributed by atoms with Gasteiger partial charge < -0.3 is 4.90 Å². The topological polar surface area (TPSA) is 77.2 Å². The molecule has 0 bridgehead atoms. The van der Waals surface area contributed by atoms with Gasteiger partial charge in [0.05, 0.1) is 22.7 Å². The van der Waals surface area contributed by atoms with Crippen molar-refractivity contribution in [1.82, 2.24) is 19.0 Å². The third-order valence-electron chi connectivity index (χ3n) is 5.11. The number of rotatable bonds is 2. The van der Waals surface area contributed by atoms with Crippen LogP contribution in [0.1, 0.15) is 44.0 Å². The van der Waals surface area contributed by atoms with Crippen LogP contribution in [0.25, 0.3) is 11.0 Å². The van der Waals surface area contributed by atoms with Gasteiger partial charge in [-0.15, -0.1) is 0 Å². The van der Waals surface area contributed by atoms with E-state index in [0.717, 1.165) is 17.7 Å². The van der Waals surface area contributed by atoms with Gasteiger partial charge in [-0.2, -0.15) is 13.2 Å². The van der Waals surface area contributed by atoms with E-state index in [4.69, 9.17) is 0 Å². The molecule has 152 valence electrons. The highest BCUT2D eigenvalue weighted by atomic mass is 19.4. The minimum absolute atomic E-state index is 0.0366. The second-order valence-electron chi connectivity index (χ2n) is 7.34. The van der Waals surface area contributed by atoms with E-state index in [1.165, 1.54) is 11.9 Å². The third-order valence-corrected chi connectivity index (χ3v) is 5.11. The number of hydrogen-bond acceptors (Lipinski definition) is 4. The molecule has 2 aromatic rings. The van der Waals surface area contributed by atoms with Crippen LogP contribution in [0.2, 0.25) is 0 Å². The molecule has 0 radical (unpaired) electrons. The number of fused-ring (bicyclic) bond motifs is 1. The summed E-state index contributed by atoms with van der Waals surface area (Å²) in [5.41, 5.74) is -3.26. The first-order valence-electron chi connectivity index (χ1n) is 8.93. The number of carbonyl (C=O) groups excluding carboxylic acids is 1. The fourth-order valence-electron chi connectivity index (χ4n) is 3.64. The van der Waals surface area contributed by atoms with E-state index in [1.54, 1.807) is 13.8 Å². The number of nitrogens with zero attached hydrogens (tertiary/aromatic N) is 4. The molecule has 0 N–H and O–H groups in total. The highest BCUT2D eigenvalue weighted by Crippen LogP contribution is 2.38. The average Bonchev–Trinajstić information content (AvgIpc) is 3.11. The van der Waals surface area contributed by atoms with Gasteiger partial charge in [-0.1, -0.05) is 13.8 Å². The highest BCUT2D eigenvalue weighted by Gasteiger charge is 2.38. The second-order valence-corrected chi connectivity index (χ2v) is 7.34. The van der Waals surface area contributed by atoms with Crippen LogP contribution < -0.4 is 11.2 Å². The van der Waals surface area contributed by atoms with Crippen molar-refractivity contribution in [3.05, 3.63) is 38.2 Å². The van der Waals surface area contributed by atoms with E-state index in [0.29, 0.717) is 24.0 Å². The Morgan fingerprint density at radius 1 is 1.21 bits per heavy atom. The molecule has 7 nitrogen and oxygen atoms in total.